The zero-order valence-corrected chi connectivity index (χ0v) is 16.7. The molecule has 0 saturated carbocycles. The number of halogens is 1. The second-order valence-electron chi connectivity index (χ2n) is 6.94. The molecule has 2 heterocycles. The van der Waals surface area contributed by atoms with Crippen LogP contribution in [-0.2, 0) is 11.3 Å². The Morgan fingerprint density at radius 3 is 2.66 bits per heavy atom. The number of benzene rings is 2. The molecule has 1 N–H and O–H groups in total. The van der Waals surface area contributed by atoms with Crippen molar-refractivity contribution in [3.05, 3.63) is 70.4 Å². The van der Waals surface area contributed by atoms with E-state index in [2.05, 4.69) is 10.5 Å². The van der Waals surface area contributed by atoms with Crippen LogP contribution in [0.4, 0.5) is 5.69 Å². The van der Waals surface area contributed by atoms with Crippen LogP contribution in [0.15, 0.2) is 53.1 Å². The molecule has 2 aromatic carbocycles. The van der Waals surface area contributed by atoms with Crippen LogP contribution >= 0.6 is 11.6 Å². The third-order valence-electron chi connectivity index (χ3n) is 4.99. The van der Waals surface area contributed by atoms with Crippen LogP contribution in [0.1, 0.15) is 34.5 Å². The summed E-state index contributed by atoms with van der Waals surface area (Å²) in [7, 11) is 0. The van der Waals surface area contributed by atoms with Gasteiger partial charge in [-0.05, 0) is 37.1 Å². The molecule has 0 unspecified atom stereocenters. The minimum Gasteiger partial charge on any atom is -0.360 e. The van der Waals surface area contributed by atoms with E-state index in [1.54, 1.807) is 24.0 Å². The van der Waals surface area contributed by atoms with Gasteiger partial charge >= 0.3 is 0 Å². The molecule has 7 heteroatoms. The lowest BCUT2D eigenvalue weighted by Crippen LogP contribution is -2.24. The first-order chi connectivity index (χ1) is 14.0. The Bertz CT molecular complexity index is 1060. The molecule has 0 aliphatic carbocycles. The molecule has 4 rings (SSSR count). The lowest BCUT2D eigenvalue weighted by atomic mass is 10.1. The summed E-state index contributed by atoms with van der Waals surface area (Å²) in [4.78, 5) is 26.5. The molecule has 29 heavy (non-hydrogen) atoms. The monoisotopic (exact) mass is 409 g/mol. The van der Waals surface area contributed by atoms with Gasteiger partial charge in [-0.2, -0.15) is 0 Å². The van der Waals surface area contributed by atoms with E-state index in [4.69, 9.17) is 16.1 Å². The molecule has 1 aliphatic rings. The molecule has 2 amide bonds. The predicted molar refractivity (Wildman–Crippen MR) is 111 cm³/mol. The summed E-state index contributed by atoms with van der Waals surface area (Å²) in [5, 5.41) is 7.44. The van der Waals surface area contributed by atoms with Gasteiger partial charge < -0.3 is 14.7 Å². The summed E-state index contributed by atoms with van der Waals surface area (Å²) in [6.45, 7) is 2.80. The van der Waals surface area contributed by atoms with Gasteiger partial charge in [-0.3, -0.25) is 9.59 Å². The van der Waals surface area contributed by atoms with Crippen molar-refractivity contribution in [1.29, 1.82) is 0 Å². The molecule has 0 spiro atoms. The first-order valence-corrected chi connectivity index (χ1v) is 9.81. The first kappa shape index (κ1) is 19.2. The Labute approximate surface area is 173 Å². The SMILES string of the molecule is Cc1onc(-c2ccccc2Cl)c1C(=O)NCc1ccc(N2CCCC2=O)cc1. The number of nitrogens with zero attached hydrogens (tertiary/aromatic N) is 2. The quantitative estimate of drug-likeness (QED) is 0.679. The predicted octanol–water partition coefficient (Wildman–Crippen LogP) is 4.36. The van der Waals surface area contributed by atoms with Crippen molar-refractivity contribution in [3.8, 4) is 11.3 Å². The second-order valence-corrected chi connectivity index (χ2v) is 7.35. The zero-order valence-electron chi connectivity index (χ0n) is 15.9. The minimum atomic E-state index is -0.280. The van der Waals surface area contributed by atoms with E-state index in [0.717, 1.165) is 24.2 Å². The Kier molecular flexibility index (Phi) is 5.36. The van der Waals surface area contributed by atoms with Crippen molar-refractivity contribution in [2.75, 3.05) is 11.4 Å². The normalized spacial score (nSPS) is 13.7. The van der Waals surface area contributed by atoms with Gasteiger partial charge in [-0.1, -0.05) is 47.1 Å². The van der Waals surface area contributed by atoms with Gasteiger partial charge in [0.2, 0.25) is 5.91 Å². The number of hydrogen-bond donors (Lipinski definition) is 1. The van der Waals surface area contributed by atoms with Crippen LogP contribution in [-0.4, -0.2) is 23.5 Å². The molecular formula is C22H20ClN3O3. The van der Waals surface area contributed by atoms with Crippen LogP contribution in [0.25, 0.3) is 11.3 Å². The van der Waals surface area contributed by atoms with Crippen LogP contribution in [0.2, 0.25) is 5.02 Å². The fourth-order valence-electron chi connectivity index (χ4n) is 3.46. The summed E-state index contributed by atoms with van der Waals surface area (Å²) < 4.78 is 5.25. The Morgan fingerprint density at radius 2 is 1.97 bits per heavy atom. The third kappa shape index (κ3) is 3.89. The van der Waals surface area contributed by atoms with Crippen LogP contribution < -0.4 is 10.2 Å². The lowest BCUT2D eigenvalue weighted by Gasteiger charge is -2.16. The van der Waals surface area contributed by atoms with E-state index >= 15 is 0 Å². The van der Waals surface area contributed by atoms with E-state index in [1.807, 2.05) is 36.4 Å². The summed E-state index contributed by atoms with van der Waals surface area (Å²) in [6.07, 6.45) is 1.49. The highest BCUT2D eigenvalue weighted by molar-refractivity contribution is 6.33. The Morgan fingerprint density at radius 1 is 1.21 bits per heavy atom. The van der Waals surface area contributed by atoms with Crippen molar-refractivity contribution >= 4 is 29.1 Å². The fraction of sp³-hybridized carbons (Fsp3) is 0.227. The zero-order chi connectivity index (χ0) is 20.4. The molecule has 0 bridgehead atoms. The number of hydrogen-bond acceptors (Lipinski definition) is 4. The van der Waals surface area contributed by atoms with Crippen molar-refractivity contribution < 1.29 is 14.1 Å². The van der Waals surface area contributed by atoms with Crippen molar-refractivity contribution in [1.82, 2.24) is 10.5 Å². The minimum absolute atomic E-state index is 0.154. The second kappa shape index (κ2) is 8.09. The maximum absolute atomic E-state index is 12.8. The van der Waals surface area contributed by atoms with Crippen molar-refractivity contribution in [2.45, 2.75) is 26.3 Å². The van der Waals surface area contributed by atoms with Crippen LogP contribution in [0, 0.1) is 6.92 Å². The molecule has 1 aromatic heterocycles. The van der Waals surface area contributed by atoms with E-state index in [1.165, 1.54) is 0 Å². The highest BCUT2D eigenvalue weighted by Crippen LogP contribution is 2.31. The number of rotatable bonds is 5. The Balaban J connectivity index is 1.48. The molecule has 0 atom stereocenters. The van der Waals surface area contributed by atoms with E-state index in [-0.39, 0.29) is 11.8 Å². The van der Waals surface area contributed by atoms with Crippen molar-refractivity contribution in [2.24, 2.45) is 0 Å². The molecule has 1 aliphatic heterocycles. The van der Waals surface area contributed by atoms with E-state index in [0.29, 0.717) is 40.6 Å². The number of carbonyl (C=O) groups excluding carboxylic acids is 2. The molecule has 0 radical (unpaired) electrons. The highest BCUT2D eigenvalue weighted by atomic mass is 35.5. The number of nitrogens with one attached hydrogen (secondary N) is 1. The number of amides is 2. The smallest absolute Gasteiger partial charge is 0.257 e. The van der Waals surface area contributed by atoms with Gasteiger partial charge in [0.15, 0.2) is 0 Å². The summed E-state index contributed by atoms with van der Waals surface area (Å²) in [5.41, 5.74) is 3.27. The van der Waals surface area contributed by atoms with Gasteiger partial charge in [-0.15, -0.1) is 0 Å². The van der Waals surface area contributed by atoms with Gasteiger partial charge in [0.25, 0.3) is 5.91 Å². The third-order valence-corrected chi connectivity index (χ3v) is 5.32. The average molecular weight is 410 g/mol. The molecule has 148 valence electrons. The lowest BCUT2D eigenvalue weighted by molar-refractivity contribution is -0.117. The fourth-order valence-corrected chi connectivity index (χ4v) is 3.69. The summed E-state index contributed by atoms with van der Waals surface area (Å²) in [6, 6.07) is 14.8. The van der Waals surface area contributed by atoms with Crippen LogP contribution in [0.3, 0.4) is 0 Å². The summed E-state index contributed by atoms with van der Waals surface area (Å²) in [5.74, 6) is 0.305. The number of anilines is 1. The Hall–Kier alpha value is -3.12. The van der Waals surface area contributed by atoms with Gasteiger partial charge in [0.1, 0.15) is 17.0 Å². The number of aromatic nitrogens is 1. The maximum Gasteiger partial charge on any atom is 0.257 e. The maximum atomic E-state index is 12.8. The molecule has 1 saturated heterocycles. The standard InChI is InChI=1S/C22H20ClN3O3/c1-14-20(21(25-29-14)17-5-2-3-6-18(17)23)22(28)24-13-15-8-10-16(11-9-15)26-12-4-7-19(26)27/h2-3,5-6,8-11H,4,7,12-13H2,1H3,(H,24,28). The van der Waals surface area contributed by atoms with Crippen molar-refractivity contribution in [3.63, 3.8) is 0 Å². The first-order valence-electron chi connectivity index (χ1n) is 9.43. The van der Waals surface area contributed by atoms with E-state index < -0.39 is 0 Å². The molecule has 3 aromatic rings. The summed E-state index contributed by atoms with van der Waals surface area (Å²) >= 11 is 6.26. The largest absolute Gasteiger partial charge is 0.360 e. The molecule has 1 fully saturated rings. The highest BCUT2D eigenvalue weighted by Gasteiger charge is 2.23. The average Bonchev–Trinajstić information content (AvgIpc) is 3.32. The molecule has 6 nitrogen and oxygen atoms in total. The topological polar surface area (TPSA) is 75.4 Å². The van der Waals surface area contributed by atoms with Gasteiger partial charge in [0, 0.05) is 30.8 Å². The van der Waals surface area contributed by atoms with Gasteiger partial charge in [0.05, 0.1) is 5.02 Å². The van der Waals surface area contributed by atoms with E-state index in [9.17, 15) is 9.59 Å². The van der Waals surface area contributed by atoms with Gasteiger partial charge in [-0.25, -0.2) is 0 Å². The molecular weight excluding hydrogens is 390 g/mol. The number of aryl methyl sites for hydroxylation is 1. The van der Waals surface area contributed by atoms with Crippen LogP contribution in [0.5, 0.6) is 0 Å². The number of carbonyl (C=O) groups is 2.